The van der Waals surface area contributed by atoms with Crippen LogP contribution >= 0.6 is 11.6 Å². The maximum Gasteiger partial charge on any atom is 0.255 e. The molecule has 34 heavy (non-hydrogen) atoms. The third kappa shape index (κ3) is 5.85. The van der Waals surface area contributed by atoms with E-state index in [-0.39, 0.29) is 18.2 Å². The molecule has 1 N–H and O–H groups in total. The Balaban J connectivity index is 1.32. The van der Waals surface area contributed by atoms with E-state index < -0.39 is 0 Å². The summed E-state index contributed by atoms with van der Waals surface area (Å²) in [7, 11) is 1.61. The number of pyridine rings is 1. The number of hydrogen-bond acceptors (Lipinski definition) is 5. The number of aromatic nitrogens is 1. The first-order valence-electron chi connectivity index (χ1n) is 11.2. The second-order valence-electron chi connectivity index (χ2n) is 8.09. The van der Waals surface area contributed by atoms with E-state index in [2.05, 4.69) is 15.2 Å². The normalized spacial score (nSPS) is 13.8. The van der Waals surface area contributed by atoms with Crippen molar-refractivity contribution in [2.45, 2.75) is 12.8 Å². The predicted molar refractivity (Wildman–Crippen MR) is 134 cm³/mol. The molecule has 0 unspecified atom stereocenters. The van der Waals surface area contributed by atoms with Gasteiger partial charge in [-0.3, -0.25) is 9.59 Å². The van der Waals surface area contributed by atoms with Crippen molar-refractivity contribution in [2.75, 3.05) is 43.5 Å². The van der Waals surface area contributed by atoms with Gasteiger partial charge in [0.25, 0.3) is 5.91 Å². The van der Waals surface area contributed by atoms with Gasteiger partial charge in [-0.25, -0.2) is 4.98 Å². The molecular weight excluding hydrogens is 452 g/mol. The molecule has 0 radical (unpaired) electrons. The summed E-state index contributed by atoms with van der Waals surface area (Å²) in [6.07, 6.45) is 2.77. The summed E-state index contributed by atoms with van der Waals surface area (Å²) in [6, 6.07) is 18.3. The van der Waals surface area contributed by atoms with Crippen LogP contribution in [-0.4, -0.2) is 55.0 Å². The SMILES string of the molecule is COc1ccc(CC(=O)Nc2ccc(N3CCCN(C(=O)c4ccccc4Cl)CC3)nc2)cc1. The number of carbonyl (C=O) groups excluding carboxylic acids is 2. The number of halogens is 1. The molecule has 1 saturated heterocycles. The highest BCUT2D eigenvalue weighted by Gasteiger charge is 2.22. The quantitative estimate of drug-likeness (QED) is 0.572. The second-order valence-corrected chi connectivity index (χ2v) is 8.50. The Kier molecular flexibility index (Phi) is 7.65. The minimum atomic E-state index is -0.108. The van der Waals surface area contributed by atoms with Crippen molar-refractivity contribution in [1.29, 1.82) is 0 Å². The zero-order valence-corrected chi connectivity index (χ0v) is 19.8. The zero-order chi connectivity index (χ0) is 23.9. The molecule has 1 aliphatic heterocycles. The van der Waals surface area contributed by atoms with Crippen LogP contribution in [0.4, 0.5) is 11.5 Å². The summed E-state index contributed by atoms with van der Waals surface area (Å²) in [5.41, 5.74) is 2.08. The molecular formula is C26H27ClN4O3. The van der Waals surface area contributed by atoms with Gasteiger partial charge in [0, 0.05) is 26.2 Å². The molecule has 2 aromatic carbocycles. The highest BCUT2D eigenvalue weighted by Crippen LogP contribution is 2.20. The summed E-state index contributed by atoms with van der Waals surface area (Å²) in [4.78, 5) is 33.8. The van der Waals surface area contributed by atoms with Gasteiger partial charge < -0.3 is 19.9 Å². The van der Waals surface area contributed by atoms with Gasteiger partial charge in [0.05, 0.1) is 36.0 Å². The molecule has 2 amide bonds. The third-order valence-corrected chi connectivity index (χ3v) is 6.10. The number of anilines is 2. The summed E-state index contributed by atoms with van der Waals surface area (Å²) in [5, 5.41) is 3.36. The van der Waals surface area contributed by atoms with E-state index in [1.165, 1.54) is 0 Å². The van der Waals surface area contributed by atoms with Crippen LogP contribution in [0.5, 0.6) is 5.75 Å². The van der Waals surface area contributed by atoms with Crippen LogP contribution in [0.2, 0.25) is 5.02 Å². The monoisotopic (exact) mass is 478 g/mol. The number of amides is 2. The van der Waals surface area contributed by atoms with Crippen LogP contribution in [0.25, 0.3) is 0 Å². The summed E-state index contributed by atoms with van der Waals surface area (Å²) in [5.74, 6) is 1.42. The molecule has 2 heterocycles. The van der Waals surface area contributed by atoms with Crippen molar-refractivity contribution in [3.05, 3.63) is 83.0 Å². The minimum absolute atomic E-state index is 0.0460. The van der Waals surface area contributed by atoms with Crippen LogP contribution < -0.4 is 15.0 Å². The van der Waals surface area contributed by atoms with Crippen LogP contribution in [0, 0.1) is 0 Å². The summed E-state index contributed by atoms with van der Waals surface area (Å²) < 4.78 is 5.14. The van der Waals surface area contributed by atoms with Gasteiger partial charge in [-0.15, -0.1) is 0 Å². The molecule has 7 nitrogen and oxygen atoms in total. The molecule has 3 aromatic rings. The van der Waals surface area contributed by atoms with Crippen molar-refractivity contribution in [3.8, 4) is 5.75 Å². The zero-order valence-electron chi connectivity index (χ0n) is 19.0. The molecule has 0 saturated carbocycles. The first-order chi connectivity index (χ1) is 16.5. The average molecular weight is 479 g/mol. The Labute approximate surface area is 204 Å². The van der Waals surface area contributed by atoms with Crippen LogP contribution in [0.15, 0.2) is 66.9 Å². The largest absolute Gasteiger partial charge is 0.497 e. The lowest BCUT2D eigenvalue weighted by molar-refractivity contribution is -0.115. The summed E-state index contributed by atoms with van der Waals surface area (Å²) in [6.45, 7) is 2.72. The molecule has 0 aliphatic carbocycles. The smallest absolute Gasteiger partial charge is 0.255 e. The molecule has 176 valence electrons. The Morgan fingerprint density at radius 2 is 1.79 bits per heavy atom. The topological polar surface area (TPSA) is 74.8 Å². The molecule has 4 rings (SSSR count). The second kappa shape index (κ2) is 11.0. The number of benzene rings is 2. The highest BCUT2D eigenvalue weighted by atomic mass is 35.5. The molecule has 0 bridgehead atoms. The predicted octanol–water partition coefficient (Wildman–Crippen LogP) is 4.28. The fourth-order valence-electron chi connectivity index (χ4n) is 3.94. The van der Waals surface area contributed by atoms with Crippen molar-refractivity contribution < 1.29 is 14.3 Å². The van der Waals surface area contributed by atoms with Crippen molar-refractivity contribution in [3.63, 3.8) is 0 Å². The van der Waals surface area contributed by atoms with E-state index in [0.717, 1.165) is 30.1 Å². The molecule has 0 spiro atoms. The van der Waals surface area contributed by atoms with Crippen LogP contribution in [0.1, 0.15) is 22.3 Å². The first-order valence-corrected chi connectivity index (χ1v) is 11.6. The maximum atomic E-state index is 12.9. The van der Waals surface area contributed by atoms with E-state index in [4.69, 9.17) is 16.3 Å². The number of nitrogens with one attached hydrogen (secondary N) is 1. The molecule has 8 heteroatoms. The highest BCUT2D eigenvalue weighted by molar-refractivity contribution is 6.33. The van der Waals surface area contributed by atoms with Crippen molar-refractivity contribution >= 4 is 34.9 Å². The van der Waals surface area contributed by atoms with Crippen LogP contribution in [0.3, 0.4) is 0 Å². The van der Waals surface area contributed by atoms with Crippen molar-refractivity contribution in [1.82, 2.24) is 9.88 Å². The number of hydrogen-bond donors (Lipinski definition) is 1. The number of ether oxygens (including phenoxy) is 1. The summed E-state index contributed by atoms with van der Waals surface area (Å²) >= 11 is 6.21. The lowest BCUT2D eigenvalue weighted by Gasteiger charge is -2.23. The molecule has 1 fully saturated rings. The number of carbonyl (C=O) groups is 2. The number of nitrogens with zero attached hydrogens (tertiary/aromatic N) is 3. The average Bonchev–Trinajstić information content (AvgIpc) is 3.11. The van der Waals surface area contributed by atoms with Gasteiger partial charge >= 0.3 is 0 Å². The standard InChI is InChI=1S/C26H27ClN4O3/c1-34-21-10-7-19(8-11-21)17-25(32)29-20-9-12-24(28-18-20)30-13-4-14-31(16-15-30)26(33)22-5-2-3-6-23(22)27/h2-3,5-12,18H,4,13-17H2,1H3,(H,29,32). The fraction of sp³-hybridized carbons (Fsp3) is 0.269. The van der Waals surface area contributed by atoms with E-state index in [1.807, 2.05) is 53.4 Å². The van der Waals surface area contributed by atoms with Gasteiger partial charge in [-0.1, -0.05) is 35.9 Å². The van der Waals surface area contributed by atoms with Crippen molar-refractivity contribution in [2.24, 2.45) is 0 Å². The Bertz CT molecular complexity index is 1140. The minimum Gasteiger partial charge on any atom is -0.497 e. The Morgan fingerprint density at radius 1 is 1.00 bits per heavy atom. The van der Waals surface area contributed by atoms with E-state index in [0.29, 0.717) is 35.9 Å². The lowest BCUT2D eigenvalue weighted by Crippen LogP contribution is -2.35. The van der Waals surface area contributed by atoms with Gasteiger partial charge in [0.2, 0.25) is 5.91 Å². The molecule has 1 aliphatic rings. The Morgan fingerprint density at radius 3 is 2.50 bits per heavy atom. The van der Waals surface area contributed by atoms with Gasteiger partial charge in [0.1, 0.15) is 11.6 Å². The van der Waals surface area contributed by atoms with E-state index >= 15 is 0 Å². The van der Waals surface area contributed by atoms with E-state index in [9.17, 15) is 9.59 Å². The van der Waals surface area contributed by atoms with E-state index in [1.54, 1.807) is 25.4 Å². The Hall–Kier alpha value is -3.58. The lowest BCUT2D eigenvalue weighted by atomic mass is 10.1. The number of methoxy groups -OCH3 is 1. The molecule has 1 aromatic heterocycles. The first kappa shape index (κ1) is 23.6. The number of rotatable bonds is 6. The van der Waals surface area contributed by atoms with Gasteiger partial charge in [-0.2, -0.15) is 0 Å². The third-order valence-electron chi connectivity index (χ3n) is 5.77. The fourth-order valence-corrected chi connectivity index (χ4v) is 4.15. The van der Waals surface area contributed by atoms with Gasteiger partial charge in [0.15, 0.2) is 0 Å². The van der Waals surface area contributed by atoms with Crippen LogP contribution in [-0.2, 0) is 11.2 Å². The van der Waals surface area contributed by atoms with Gasteiger partial charge in [-0.05, 0) is 48.4 Å². The molecule has 0 atom stereocenters. The maximum absolute atomic E-state index is 12.9.